The normalized spacial score (nSPS) is 10.8. The molecule has 0 aliphatic carbocycles. The summed E-state index contributed by atoms with van der Waals surface area (Å²) >= 11 is 2.09. The van der Waals surface area contributed by atoms with Crippen molar-refractivity contribution in [1.82, 2.24) is 9.55 Å². The van der Waals surface area contributed by atoms with Crippen molar-refractivity contribution in [3.63, 3.8) is 0 Å². The van der Waals surface area contributed by atoms with Gasteiger partial charge in [0.15, 0.2) is 0 Å². The maximum absolute atomic E-state index is 13.2. The Labute approximate surface area is 195 Å². The molecule has 0 fully saturated rings. The van der Waals surface area contributed by atoms with Gasteiger partial charge in [-0.05, 0) is 59.2 Å². The highest BCUT2D eigenvalue weighted by atomic mass is 127. The molecule has 4 rings (SSSR count). The van der Waals surface area contributed by atoms with E-state index in [0.717, 1.165) is 23.2 Å². The fraction of sp³-hybridized carbons (Fsp3) is 0.154. The van der Waals surface area contributed by atoms with Gasteiger partial charge in [-0.25, -0.2) is 4.98 Å². The topological polar surface area (TPSA) is 44.1 Å². The van der Waals surface area contributed by atoms with Gasteiger partial charge in [0, 0.05) is 6.54 Å². The van der Waals surface area contributed by atoms with Crippen LogP contribution in [0.25, 0.3) is 11.4 Å². The van der Waals surface area contributed by atoms with Gasteiger partial charge in [-0.2, -0.15) is 0 Å². The highest BCUT2D eigenvalue weighted by Gasteiger charge is 2.17. The van der Waals surface area contributed by atoms with Gasteiger partial charge >= 0.3 is 0 Å². The summed E-state index contributed by atoms with van der Waals surface area (Å²) in [7, 11) is 0. The highest BCUT2D eigenvalue weighted by Crippen LogP contribution is 2.29. The van der Waals surface area contributed by atoms with Crippen LogP contribution < -0.4 is 10.3 Å². The molecule has 0 spiro atoms. The van der Waals surface area contributed by atoms with Crippen molar-refractivity contribution >= 4 is 22.6 Å². The van der Waals surface area contributed by atoms with Crippen molar-refractivity contribution in [3.8, 4) is 17.1 Å². The first-order valence-corrected chi connectivity index (χ1v) is 11.3. The largest absolute Gasteiger partial charge is 0.488 e. The minimum atomic E-state index is -0.0168. The molecule has 1 aromatic heterocycles. The van der Waals surface area contributed by atoms with Gasteiger partial charge in [-0.3, -0.25) is 9.36 Å². The third-order valence-corrected chi connectivity index (χ3v) is 6.35. The lowest BCUT2D eigenvalue weighted by atomic mass is 10.1. The van der Waals surface area contributed by atoms with Crippen LogP contribution in [-0.2, 0) is 19.6 Å². The average molecular weight is 522 g/mol. The van der Waals surface area contributed by atoms with Crippen LogP contribution in [0.15, 0.2) is 89.7 Å². The number of para-hydroxylation sites is 1. The minimum absolute atomic E-state index is 0.0168. The number of rotatable bonds is 7. The first kappa shape index (κ1) is 21.3. The summed E-state index contributed by atoms with van der Waals surface area (Å²) in [5.74, 6) is 1.36. The zero-order chi connectivity index (χ0) is 21.6. The van der Waals surface area contributed by atoms with E-state index in [9.17, 15) is 4.79 Å². The maximum atomic E-state index is 13.2. The number of benzene rings is 3. The Bertz CT molecular complexity index is 1220. The molecule has 0 radical (unpaired) electrons. The van der Waals surface area contributed by atoms with Gasteiger partial charge in [0.05, 0.1) is 14.8 Å². The Morgan fingerprint density at radius 3 is 2.19 bits per heavy atom. The van der Waals surface area contributed by atoms with Crippen molar-refractivity contribution < 1.29 is 4.74 Å². The predicted molar refractivity (Wildman–Crippen MR) is 132 cm³/mol. The van der Waals surface area contributed by atoms with E-state index in [1.807, 2.05) is 79.7 Å². The van der Waals surface area contributed by atoms with E-state index < -0.39 is 0 Å². The van der Waals surface area contributed by atoms with Gasteiger partial charge in [0.1, 0.15) is 18.2 Å². The number of hydrogen-bond acceptors (Lipinski definition) is 3. The Morgan fingerprint density at radius 2 is 1.48 bits per heavy atom. The number of hydrogen-bond donors (Lipinski definition) is 0. The van der Waals surface area contributed by atoms with Gasteiger partial charge in [-0.15, -0.1) is 0 Å². The minimum Gasteiger partial charge on any atom is -0.488 e. The molecule has 4 nitrogen and oxygen atoms in total. The first-order chi connectivity index (χ1) is 15.1. The van der Waals surface area contributed by atoms with E-state index >= 15 is 0 Å². The summed E-state index contributed by atoms with van der Waals surface area (Å²) in [5.41, 5.74) is 3.81. The summed E-state index contributed by atoms with van der Waals surface area (Å²) in [5, 5.41) is 0. The Hall–Kier alpha value is -2.93. The number of ether oxygens (including phenoxy) is 1. The van der Waals surface area contributed by atoms with Crippen molar-refractivity contribution in [1.29, 1.82) is 0 Å². The van der Waals surface area contributed by atoms with E-state index in [1.54, 1.807) is 4.57 Å². The number of aryl methyl sites for hydroxylation is 2. The Kier molecular flexibility index (Phi) is 6.82. The average Bonchev–Trinajstić information content (AvgIpc) is 2.82. The molecule has 0 saturated heterocycles. The molecule has 0 aliphatic rings. The van der Waals surface area contributed by atoms with Crippen LogP contribution in [-0.4, -0.2) is 9.55 Å². The van der Waals surface area contributed by atoms with E-state index in [-0.39, 0.29) is 5.56 Å². The molecule has 5 heteroatoms. The molecule has 0 aliphatic heterocycles. The molecule has 4 aromatic rings. The second kappa shape index (κ2) is 9.92. The molecule has 0 unspecified atom stereocenters. The van der Waals surface area contributed by atoms with E-state index in [1.165, 1.54) is 5.56 Å². The van der Waals surface area contributed by atoms with Gasteiger partial charge in [-0.1, -0.05) is 72.8 Å². The lowest BCUT2D eigenvalue weighted by Gasteiger charge is -2.17. The summed E-state index contributed by atoms with van der Waals surface area (Å²) in [6.45, 7) is 2.88. The summed E-state index contributed by atoms with van der Waals surface area (Å²) in [4.78, 5) is 18.0. The van der Waals surface area contributed by atoms with Crippen molar-refractivity contribution in [2.75, 3.05) is 0 Å². The smallest absolute Gasteiger partial charge is 0.267 e. The zero-order valence-electron chi connectivity index (χ0n) is 17.3. The number of nitrogens with zero attached hydrogens (tertiary/aromatic N) is 2. The van der Waals surface area contributed by atoms with Gasteiger partial charge in [0.25, 0.3) is 5.56 Å². The number of aromatic nitrogens is 2. The molecule has 0 N–H and O–H groups in total. The third-order valence-electron chi connectivity index (χ3n) is 5.11. The first-order valence-electron chi connectivity index (χ1n) is 10.2. The molecule has 0 saturated carbocycles. The second-order valence-corrected chi connectivity index (χ2v) is 8.38. The molecule has 3 aromatic carbocycles. The predicted octanol–water partition coefficient (Wildman–Crippen LogP) is 5.65. The SMILES string of the molecule is Cc1nc(-c2ccccc2OCc2ccccc2)n(CCc2ccccc2)c(=O)c1I. The zero-order valence-corrected chi connectivity index (χ0v) is 19.5. The standard InChI is InChI=1S/C26H23IN2O2/c1-19-24(27)26(30)29(17-16-20-10-4-2-5-11-20)25(28-19)22-14-8-9-15-23(22)31-18-21-12-6-3-7-13-21/h2-15H,16-18H2,1H3. The Balaban J connectivity index is 1.71. The lowest BCUT2D eigenvalue weighted by molar-refractivity contribution is 0.307. The van der Waals surface area contributed by atoms with Crippen LogP contribution in [0, 0.1) is 10.5 Å². The fourth-order valence-electron chi connectivity index (χ4n) is 3.45. The van der Waals surface area contributed by atoms with Crippen molar-refractivity contribution in [2.45, 2.75) is 26.5 Å². The van der Waals surface area contributed by atoms with E-state index in [2.05, 4.69) is 34.7 Å². The molecule has 156 valence electrons. The third kappa shape index (κ3) is 5.05. The molecule has 31 heavy (non-hydrogen) atoms. The summed E-state index contributed by atoms with van der Waals surface area (Å²) < 4.78 is 8.57. The van der Waals surface area contributed by atoms with Crippen LogP contribution >= 0.6 is 22.6 Å². The molecule has 0 atom stereocenters. The van der Waals surface area contributed by atoms with Crippen LogP contribution in [0.2, 0.25) is 0 Å². The van der Waals surface area contributed by atoms with Crippen molar-refractivity contribution in [3.05, 3.63) is 116 Å². The Morgan fingerprint density at radius 1 is 0.871 bits per heavy atom. The quantitative estimate of drug-likeness (QED) is 0.295. The van der Waals surface area contributed by atoms with Crippen LogP contribution in [0.4, 0.5) is 0 Å². The van der Waals surface area contributed by atoms with Crippen LogP contribution in [0.3, 0.4) is 0 Å². The van der Waals surface area contributed by atoms with Crippen molar-refractivity contribution in [2.24, 2.45) is 0 Å². The van der Waals surface area contributed by atoms with Gasteiger partial charge < -0.3 is 4.74 Å². The van der Waals surface area contributed by atoms with E-state index in [4.69, 9.17) is 9.72 Å². The highest BCUT2D eigenvalue weighted by molar-refractivity contribution is 14.1. The molecule has 1 heterocycles. The van der Waals surface area contributed by atoms with Gasteiger partial charge in [0.2, 0.25) is 0 Å². The molecular weight excluding hydrogens is 499 g/mol. The summed E-state index contributed by atoms with van der Waals surface area (Å²) in [6, 6.07) is 28.0. The monoisotopic (exact) mass is 522 g/mol. The van der Waals surface area contributed by atoms with Crippen LogP contribution in [0.5, 0.6) is 5.75 Å². The van der Waals surface area contributed by atoms with Crippen LogP contribution in [0.1, 0.15) is 16.8 Å². The summed E-state index contributed by atoms with van der Waals surface area (Å²) in [6.07, 6.45) is 0.752. The second-order valence-electron chi connectivity index (χ2n) is 7.30. The lowest BCUT2D eigenvalue weighted by Crippen LogP contribution is -2.27. The fourth-order valence-corrected chi connectivity index (χ4v) is 3.86. The number of halogens is 1. The molecular formula is C26H23IN2O2. The molecule has 0 bridgehead atoms. The maximum Gasteiger partial charge on any atom is 0.267 e. The molecule has 0 amide bonds. The van der Waals surface area contributed by atoms with E-state index in [0.29, 0.717) is 28.3 Å².